The molecule has 0 atom stereocenters. The van der Waals surface area contributed by atoms with Gasteiger partial charge in [0, 0.05) is 13.0 Å². The van der Waals surface area contributed by atoms with Gasteiger partial charge in [-0.3, -0.25) is 4.79 Å². The Morgan fingerprint density at radius 3 is 2.56 bits per heavy atom. The average molecular weight is 287 g/mol. The van der Waals surface area contributed by atoms with E-state index in [9.17, 15) is 4.79 Å². The molecule has 0 spiro atoms. The summed E-state index contributed by atoms with van der Waals surface area (Å²) in [7, 11) is 0. The molecule has 0 fully saturated rings. The lowest BCUT2D eigenvalue weighted by Crippen LogP contribution is -2.13. The van der Waals surface area contributed by atoms with Crippen LogP contribution in [0.4, 0.5) is 5.82 Å². The van der Waals surface area contributed by atoms with Gasteiger partial charge in [0.25, 0.3) is 5.91 Å². The number of oxazole rings is 1. The van der Waals surface area contributed by atoms with E-state index in [1.54, 1.807) is 13.8 Å². The summed E-state index contributed by atoms with van der Waals surface area (Å²) < 4.78 is 5.18. The summed E-state index contributed by atoms with van der Waals surface area (Å²) in [6, 6.07) is 1.38. The maximum atomic E-state index is 11.9. The van der Waals surface area contributed by atoms with Crippen LogP contribution in [0.5, 0.6) is 0 Å². The Morgan fingerprint density at radius 1 is 1.28 bits per heavy atom. The third kappa shape index (κ3) is 2.77. The SMILES string of the molecule is Cc1nc(C)c(C(=O)Nc2cc(Cl)nc(Cl)n2)o1. The van der Waals surface area contributed by atoms with Crippen molar-refractivity contribution >= 4 is 34.9 Å². The summed E-state index contributed by atoms with van der Waals surface area (Å²) in [4.78, 5) is 23.4. The van der Waals surface area contributed by atoms with Crippen molar-refractivity contribution in [1.82, 2.24) is 15.0 Å². The molecule has 0 aromatic carbocycles. The van der Waals surface area contributed by atoms with Crippen LogP contribution in [0.3, 0.4) is 0 Å². The number of rotatable bonds is 2. The highest BCUT2D eigenvalue weighted by Crippen LogP contribution is 2.16. The number of hydrogen-bond donors (Lipinski definition) is 1. The molecular formula is C10H8Cl2N4O2. The predicted octanol–water partition coefficient (Wildman–Crippen LogP) is 2.64. The zero-order valence-corrected chi connectivity index (χ0v) is 11.0. The van der Waals surface area contributed by atoms with Crippen LogP contribution < -0.4 is 5.32 Å². The van der Waals surface area contributed by atoms with Crippen LogP contribution in [0, 0.1) is 13.8 Å². The minimum absolute atomic E-state index is 0.0525. The first kappa shape index (κ1) is 12.8. The first-order chi connectivity index (χ1) is 8.45. The highest BCUT2D eigenvalue weighted by atomic mass is 35.5. The van der Waals surface area contributed by atoms with Crippen LogP contribution in [-0.4, -0.2) is 20.9 Å². The number of aryl methyl sites for hydroxylation is 2. The molecule has 2 aromatic heterocycles. The highest BCUT2D eigenvalue weighted by molar-refractivity contribution is 6.32. The molecule has 0 aliphatic carbocycles. The fourth-order valence-electron chi connectivity index (χ4n) is 1.37. The molecule has 6 nitrogen and oxygen atoms in total. The number of carbonyl (C=O) groups excluding carboxylic acids is 1. The molecule has 8 heteroatoms. The normalized spacial score (nSPS) is 10.4. The van der Waals surface area contributed by atoms with E-state index in [0.717, 1.165) is 0 Å². The number of carbonyl (C=O) groups is 1. The minimum atomic E-state index is -0.473. The van der Waals surface area contributed by atoms with Crippen LogP contribution in [0.15, 0.2) is 10.5 Å². The third-order valence-electron chi connectivity index (χ3n) is 2.02. The molecular weight excluding hydrogens is 279 g/mol. The van der Waals surface area contributed by atoms with Crippen molar-refractivity contribution in [2.45, 2.75) is 13.8 Å². The van der Waals surface area contributed by atoms with Gasteiger partial charge in [-0.1, -0.05) is 11.6 Å². The molecule has 0 aliphatic rings. The van der Waals surface area contributed by atoms with Gasteiger partial charge in [-0.15, -0.1) is 0 Å². The number of nitrogens with zero attached hydrogens (tertiary/aromatic N) is 3. The number of aromatic nitrogens is 3. The molecule has 18 heavy (non-hydrogen) atoms. The van der Waals surface area contributed by atoms with Gasteiger partial charge in [-0.05, 0) is 18.5 Å². The Bertz CT molecular complexity index is 592. The lowest BCUT2D eigenvalue weighted by molar-refractivity contribution is 0.0994. The molecule has 0 radical (unpaired) electrons. The lowest BCUT2D eigenvalue weighted by atomic mass is 10.3. The van der Waals surface area contributed by atoms with E-state index < -0.39 is 5.91 Å². The summed E-state index contributed by atoms with van der Waals surface area (Å²) >= 11 is 11.3. The molecule has 94 valence electrons. The highest BCUT2D eigenvalue weighted by Gasteiger charge is 2.17. The average Bonchev–Trinajstić information content (AvgIpc) is 2.56. The van der Waals surface area contributed by atoms with Gasteiger partial charge in [0.15, 0.2) is 5.89 Å². The predicted molar refractivity (Wildman–Crippen MR) is 66.0 cm³/mol. The van der Waals surface area contributed by atoms with Crippen LogP contribution >= 0.6 is 23.2 Å². The fourth-order valence-corrected chi connectivity index (χ4v) is 1.78. The van der Waals surface area contributed by atoms with Crippen molar-refractivity contribution in [3.63, 3.8) is 0 Å². The first-order valence-corrected chi connectivity index (χ1v) is 5.67. The lowest BCUT2D eigenvalue weighted by Gasteiger charge is -2.03. The Morgan fingerprint density at radius 2 is 2.00 bits per heavy atom. The van der Waals surface area contributed by atoms with Gasteiger partial charge in [0.2, 0.25) is 11.0 Å². The number of amides is 1. The zero-order chi connectivity index (χ0) is 13.3. The second kappa shape index (κ2) is 4.91. The maximum absolute atomic E-state index is 11.9. The number of hydrogen-bond acceptors (Lipinski definition) is 5. The number of halogens is 2. The monoisotopic (exact) mass is 286 g/mol. The standard InChI is InChI=1S/C10H8Cl2N4O2/c1-4-8(18-5(2)13-4)9(17)15-7-3-6(11)14-10(12)16-7/h3H,1-2H3,(H,14,15,16,17). The quantitative estimate of drug-likeness (QED) is 0.678. The van der Waals surface area contributed by atoms with Gasteiger partial charge in [0.05, 0.1) is 5.69 Å². The Labute approximate surface area is 112 Å². The third-order valence-corrected chi connectivity index (χ3v) is 2.38. The van der Waals surface area contributed by atoms with E-state index in [2.05, 4.69) is 20.3 Å². The summed E-state index contributed by atoms with van der Waals surface area (Å²) in [5.41, 5.74) is 0.497. The molecule has 0 saturated heterocycles. The summed E-state index contributed by atoms with van der Waals surface area (Å²) in [6.45, 7) is 3.33. The van der Waals surface area contributed by atoms with Crippen LogP contribution in [-0.2, 0) is 0 Å². The van der Waals surface area contributed by atoms with Gasteiger partial charge in [-0.2, -0.15) is 0 Å². The Kier molecular flexibility index (Phi) is 3.49. The molecule has 1 N–H and O–H groups in total. The molecule has 2 heterocycles. The van der Waals surface area contributed by atoms with Crippen molar-refractivity contribution in [3.05, 3.63) is 33.8 Å². The van der Waals surface area contributed by atoms with E-state index in [-0.39, 0.29) is 22.0 Å². The second-order valence-electron chi connectivity index (χ2n) is 3.45. The summed E-state index contributed by atoms with van der Waals surface area (Å²) in [5.74, 6) is 0.257. The number of nitrogens with one attached hydrogen (secondary N) is 1. The van der Waals surface area contributed by atoms with Crippen molar-refractivity contribution in [3.8, 4) is 0 Å². The smallest absolute Gasteiger partial charge is 0.294 e. The first-order valence-electron chi connectivity index (χ1n) is 4.91. The topological polar surface area (TPSA) is 80.9 Å². The number of anilines is 1. The molecule has 2 aromatic rings. The van der Waals surface area contributed by atoms with Crippen molar-refractivity contribution in [1.29, 1.82) is 0 Å². The molecule has 0 saturated carbocycles. The van der Waals surface area contributed by atoms with Crippen molar-refractivity contribution in [2.75, 3.05) is 5.32 Å². The van der Waals surface area contributed by atoms with Crippen molar-refractivity contribution < 1.29 is 9.21 Å². The molecule has 0 aliphatic heterocycles. The van der Waals surface area contributed by atoms with E-state index in [1.807, 2.05) is 0 Å². The zero-order valence-electron chi connectivity index (χ0n) is 9.49. The van der Waals surface area contributed by atoms with E-state index in [4.69, 9.17) is 27.6 Å². The van der Waals surface area contributed by atoms with Crippen molar-refractivity contribution in [2.24, 2.45) is 0 Å². The largest absolute Gasteiger partial charge is 0.436 e. The van der Waals surface area contributed by atoms with Crippen LogP contribution in [0.2, 0.25) is 10.4 Å². The van der Waals surface area contributed by atoms with Crippen LogP contribution in [0.1, 0.15) is 22.1 Å². The second-order valence-corrected chi connectivity index (χ2v) is 4.17. The van der Waals surface area contributed by atoms with Gasteiger partial charge >= 0.3 is 0 Å². The van der Waals surface area contributed by atoms with E-state index in [0.29, 0.717) is 11.6 Å². The van der Waals surface area contributed by atoms with Gasteiger partial charge in [0.1, 0.15) is 11.0 Å². The van der Waals surface area contributed by atoms with Crippen LogP contribution in [0.25, 0.3) is 0 Å². The molecule has 2 rings (SSSR count). The van der Waals surface area contributed by atoms with Gasteiger partial charge in [-0.25, -0.2) is 15.0 Å². The summed E-state index contributed by atoms with van der Waals surface area (Å²) in [5, 5.41) is 2.58. The fraction of sp³-hybridized carbons (Fsp3) is 0.200. The minimum Gasteiger partial charge on any atom is -0.436 e. The maximum Gasteiger partial charge on any atom is 0.294 e. The summed E-state index contributed by atoms with van der Waals surface area (Å²) in [6.07, 6.45) is 0. The van der Waals surface area contributed by atoms with E-state index >= 15 is 0 Å². The Hall–Kier alpha value is -1.66. The Balaban J connectivity index is 2.23. The van der Waals surface area contributed by atoms with Gasteiger partial charge < -0.3 is 9.73 Å². The molecule has 0 unspecified atom stereocenters. The van der Waals surface area contributed by atoms with E-state index in [1.165, 1.54) is 6.07 Å². The molecule has 0 bridgehead atoms. The molecule has 1 amide bonds.